The number of benzene rings is 4. The summed E-state index contributed by atoms with van der Waals surface area (Å²) in [5.74, 6) is 0.445. The molecule has 6 rings (SSSR count). The van der Waals surface area contributed by atoms with E-state index in [0.29, 0.717) is 72.1 Å². The molecule has 0 fully saturated rings. The molecule has 1 amide bonds. The van der Waals surface area contributed by atoms with Gasteiger partial charge in [-0.2, -0.15) is 5.10 Å². The van der Waals surface area contributed by atoms with E-state index < -0.39 is 11.9 Å². The first-order chi connectivity index (χ1) is 21.3. The number of aromatic amines is 1. The maximum atomic E-state index is 13.4. The Balaban J connectivity index is 1.23. The van der Waals surface area contributed by atoms with Gasteiger partial charge in [0.1, 0.15) is 5.69 Å². The van der Waals surface area contributed by atoms with Crippen LogP contribution >= 0.6 is 34.8 Å². The molecule has 0 aliphatic carbocycles. The van der Waals surface area contributed by atoms with Crippen molar-refractivity contribution in [3.63, 3.8) is 0 Å². The Bertz CT molecular complexity index is 1960. The lowest BCUT2D eigenvalue weighted by atomic mass is 10.0. The Labute approximate surface area is 266 Å². The van der Waals surface area contributed by atoms with E-state index in [-0.39, 0.29) is 18.2 Å². The van der Waals surface area contributed by atoms with Crippen LogP contribution in [-0.4, -0.2) is 36.5 Å². The second-order valence-corrected chi connectivity index (χ2v) is 10.7. The number of hydrogen-bond donors (Lipinski definition) is 2. The highest BCUT2D eigenvalue weighted by molar-refractivity contribution is 6.39. The number of rotatable bonds is 8. The lowest BCUT2D eigenvalue weighted by molar-refractivity contribution is 0.0727. The maximum absolute atomic E-state index is 13.4. The zero-order valence-electron chi connectivity index (χ0n) is 23.0. The van der Waals surface area contributed by atoms with E-state index in [1.54, 1.807) is 73.7 Å². The topological polar surface area (TPSA) is 111 Å². The van der Waals surface area contributed by atoms with Crippen molar-refractivity contribution in [3.05, 3.63) is 105 Å². The van der Waals surface area contributed by atoms with Crippen molar-refractivity contribution in [3.8, 4) is 34.1 Å². The molecule has 0 unspecified atom stereocenters. The monoisotopic (exact) mass is 649 g/mol. The lowest BCUT2D eigenvalue weighted by Gasteiger charge is -2.11. The van der Waals surface area contributed by atoms with Gasteiger partial charge < -0.3 is 23.9 Å². The Morgan fingerprint density at radius 3 is 2.59 bits per heavy atom. The second-order valence-electron chi connectivity index (χ2n) is 9.46. The molecule has 0 bridgehead atoms. The highest BCUT2D eigenvalue weighted by Crippen LogP contribution is 2.40. The fourth-order valence-corrected chi connectivity index (χ4v) is 5.47. The molecule has 0 radical (unpaired) electrons. The van der Waals surface area contributed by atoms with Crippen molar-refractivity contribution in [1.82, 2.24) is 10.4 Å². The number of nitrogens with one attached hydrogen (secondary N) is 2. The molecule has 1 aliphatic heterocycles. The number of nitrogens with zero attached hydrogens (tertiary/aromatic N) is 1. The third-order valence-electron chi connectivity index (χ3n) is 6.65. The van der Waals surface area contributed by atoms with Crippen LogP contribution in [0.2, 0.25) is 15.1 Å². The van der Waals surface area contributed by atoms with Gasteiger partial charge in [-0.25, -0.2) is 10.2 Å². The first kappa shape index (κ1) is 29.4. The molecule has 1 aliphatic rings. The quantitative estimate of drug-likeness (QED) is 0.0764. The molecule has 5 aromatic rings. The summed E-state index contributed by atoms with van der Waals surface area (Å²) in [5, 5.41) is 5.98. The number of esters is 1. The van der Waals surface area contributed by atoms with Crippen molar-refractivity contribution >= 4 is 63.8 Å². The molecule has 4 aromatic carbocycles. The predicted octanol–water partition coefficient (Wildman–Crippen LogP) is 7.91. The van der Waals surface area contributed by atoms with Gasteiger partial charge in [0.15, 0.2) is 23.0 Å². The van der Waals surface area contributed by atoms with Gasteiger partial charge in [-0.15, -0.1) is 0 Å². The normalized spacial score (nSPS) is 12.1. The van der Waals surface area contributed by atoms with Crippen LogP contribution in [0.5, 0.6) is 23.0 Å². The minimum atomic E-state index is -0.591. The fraction of sp³-hybridized carbons (Fsp3) is 0.0938. The Morgan fingerprint density at radius 1 is 0.955 bits per heavy atom. The summed E-state index contributed by atoms with van der Waals surface area (Å²) in [6.45, 7) is 2.23. The van der Waals surface area contributed by atoms with Gasteiger partial charge in [-0.05, 0) is 67.1 Å². The summed E-state index contributed by atoms with van der Waals surface area (Å²) in [6, 6.07) is 20.1. The van der Waals surface area contributed by atoms with E-state index in [1.807, 2.05) is 6.07 Å². The SMILES string of the molecule is CCOc1cc(C=NNC(=O)c2[nH]c3c(Cl)cc(Cl)cc3c2-c2ccccc2Cl)ccc1OC(=O)c1ccc2c(c1)OCO2. The van der Waals surface area contributed by atoms with Gasteiger partial charge in [-0.1, -0.05) is 53.0 Å². The van der Waals surface area contributed by atoms with Gasteiger partial charge >= 0.3 is 5.97 Å². The lowest BCUT2D eigenvalue weighted by Crippen LogP contribution is -2.19. The summed E-state index contributed by atoms with van der Waals surface area (Å²) in [4.78, 5) is 29.3. The zero-order valence-corrected chi connectivity index (χ0v) is 25.2. The van der Waals surface area contributed by atoms with Crippen molar-refractivity contribution in [1.29, 1.82) is 0 Å². The number of halogens is 3. The van der Waals surface area contributed by atoms with E-state index >= 15 is 0 Å². The Morgan fingerprint density at radius 2 is 1.77 bits per heavy atom. The van der Waals surface area contributed by atoms with Crippen LogP contribution in [-0.2, 0) is 0 Å². The molecule has 222 valence electrons. The van der Waals surface area contributed by atoms with Crippen LogP contribution < -0.4 is 24.4 Å². The average molecular weight is 651 g/mol. The second kappa shape index (κ2) is 12.5. The largest absolute Gasteiger partial charge is 0.490 e. The summed E-state index contributed by atoms with van der Waals surface area (Å²) < 4.78 is 21.9. The number of hydrogen-bond acceptors (Lipinski definition) is 7. The minimum Gasteiger partial charge on any atom is -0.490 e. The smallest absolute Gasteiger partial charge is 0.343 e. The number of amides is 1. The molecule has 0 atom stereocenters. The average Bonchev–Trinajstić information content (AvgIpc) is 3.63. The van der Waals surface area contributed by atoms with Gasteiger partial charge in [-0.3, -0.25) is 4.79 Å². The molecule has 0 saturated carbocycles. The Kier molecular flexibility index (Phi) is 8.34. The summed E-state index contributed by atoms with van der Waals surface area (Å²) in [5.41, 5.74) is 5.32. The van der Waals surface area contributed by atoms with Crippen LogP contribution in [0, 0.1) is 0 Å². The van der Waals surface area contributed by atoms with Crippen LogP contribution in [0.25, 0.3) is 22.0 Å². The molecular formula is C32H22Cl3N3O6. The van der Waals surface area contributed by atoms with E-state index in [2.05, 4.69) is 15.5 Å². The van der Waals surface area contributed by atoms with Gasteiger partial charge in [0.05, 0.1) is 28.9 Å². The molecule has 1 aromatic heterocycles. The molecule has 12 heteroatoms. The van der Waals surface area contributed by atoms with Gasteiger partial charge in [0.25, 0.3) is 5.91 Å². The first-order valence-electron chi connectivity index (χ1n) is 13.3. The number of carbonyl (C=O) groups is 2. The van der Waals surface area contributed by atoms with E-state index in [4.69, 9.17) is 53.8 Å². The standard InChI is InChI=1S/C32H22Cl3N3O6/c1-2-41-26-11-17(7-9-25(26)44-32(40)18-8-10-24-27(12-18)43-16-42-24)15-36-38-31(39)30-28(20-5-3-4-6-22(20)34)21-13-19(33)14-23(35)29(21)37-30/h3-15,37H,2,16H2,1H3,(H,38,39). The molecule has 0 saturated heterocycles. The van der Waals surface area contributed by atoms with Crippen LogP contribution in [0.3, 0.4) is 0 Å². The van der Waals surface area contributed by atoms with Crippen molar-refractivity contribution in [2.45, 2.75) is 6.92 Å². The molecule has 2 heterocycles. The number of fused-ring (bicyclic) bond motifs is 2. The van der Waals surface area contributed by atoms with Gasteiger partial charge in [0, 0.05) is 26.6 Å². The highest BCUT2D eigenvalue weighted by Gasteiger charge is 2.23. The number of aromatic nitrogens is 1. The summed E-state index contributed by atoms with van der Waals surface area (Å²) in [6.07, 6.45) is 1.44. The predicted molar refractivity (Wildman–Crippen MR) is 169 cm³/mol. The third-order valence-corrected chi connectivity index (χ3v) is 7.50. The van der Waals surface area contributed by atoms with E-state index in [0.717, 1.165) is 0 Å². The van der Waals surface area contributed by atoms with Crippen LogP contribution in [0.1, 0.15) is 33.3 Å². The first-order valence-corrected chi connectivity index (χ1v) is 14.4. The zero-order chi connectivity index (χ0) is 30.8. The fourth-order valence-electron chi connectivity index (χ4n) is 4.70. The number of hydrazone groups is 1. The molecule has 2 N–H and O–H groups in total. The minimum absolute atomic E-state index is 0.0965. The molecule has 0 spiro atoms. The summed E-state index contributed by atoms with van der Waals surface area (Å²) in [7, 11) is 0. The number of H-pyrrole nitrogens is 1. The Hall–Kier alpha value is -4.70. The van der Waals surface area contributed by atoms with Crippen LogP contribution in [0.4, 0.5) is 0 Å². The van der Waals surface area contributed by atoms with Crippen molar-refractivity contribution < 1.29 is 28.5 Å². The van der Waals surface area contributed by atoms with E-state index in [1.165, 1.54) is 6.21 Å². The summed E-state index contributed by atoms with van der Waals surface area (Å²) >= 11 is 19.2. The van der Waals surface area contributed by atoms with Gasteiger partial charge in [0.2, 0.25) is 6.79 Å². The number of carbonyl (C=O) groups excluding carboxylic acids is 2. The maximum Gasteiger partial charge on any atom is 0.343 e. The molecule has 44 heavy (non-hydrogen) atoms. The molecule has 9 nitrogen and oxygen atoms in total. The van der Waals surface area contributed by atoms with Crippen molar-refractivity contribution in [2.24, 2.45) is 5.10 Å². The number of ether oxygens (including phenoxy) is 4. The third kappa shape index (κ3) is 5.90. The van der Waals surface area contributed by atoms with E-state index in [9.17, 15) is 9.59 Å². The van der Waals surface area contributed by atoms with Crippen LogP contribution in [0.15, 0.2) is 77.9 Å². The van der Waals surface area contributed by atoms with Crippen molar-refractivity contribution in [2.75, 3.05) is 13.4 Å². The molecular weight excluding hydrogens is 629 g/mol. The highest BCUT2D eigenvalue weighted by atomic mass is 35.5.